The normalized spacial score (nSPS) is 20.1. The Morgan fingerprint density at radius 2 is 1.88 bits per heavy atom. The van der Waals surface area contributed by atoms with Crippen LogP contribution in [0.2, 0.25) is 0 Å². The third-order valence-electron chi connectivity index (χ3n) is 2.10. The summed E-state index contributed by atoms with van der Waals surface area (Å²) in [7, 11) is 0. The molecular formula is C9H16O8. The van der Waals surface area contributed by atoms with Gasteiger partial charge in [0.2, 0.25) is 0 Å². The zero-order valence-corrected chi connectivity index (χ0v) is 9.13. The Morgan fingerprint density at radius 3 is 2.24 bits per heavy atom. The predicted octanol–water partition coefficient (Wildman–Crippen LogP) is -2.88. The number of aliphatic carboxylic acids is 1. The molecule has 0 aromatic rings. The first-order chi connectivity index (χ1) is 7.84. The first-order valence-corrected chi connectivity index (χ1v) is 4.83. The van der Waals surface area contributed by atoms with Crippen molar-refractivity contribution in [3.63, 3.8) is 0 Å². The molecule has 17 heavy (non-hydrogen) atoms. The molecule has 0 saturated heterocycles. The highest BCUT2D eigenvalue weighted by Crippen LogP contribution is 2.11. The number of carboxylic acid groups (broad SMARTS) is 1. The minimum Gasteiger partial charge on any atom is -0.479 e. The smallest absolute Gasteiger partial charge is 0.332 e. The number of aliphatic hydroxyl groups is 4. The molecule has 0 fully saturated rings. The minimum atomic E-state index is -1.81. The molecule has 0 aromatic carbocycles. The summed E-state index contributed by atoms with van der Waals surface area (Å²) in [6, 6.07) is 0. The fourth-order valence-corrected chi connectivity index (χ4v) is 1.06. The highest BCUT2D eigenvalue weighted by molar-refractivity contribution is 5.71. The molecule has 0 aliphatic carbocycles. The SMILES string of the molecule is C[C@H](O[C@@H]([C@@H](O)[C@H](O)CO)[C@@H](O)C=O)C(=O)O. The lowest BCUT2D eigenvalue weighted by molar-refractivity contribution is -0.178. The molecule has 0 rings (SSSR count). The topological polar surface area (TPSA) is 145 Å². The fourth-order valence-electron chi connectivity index (χ4n) is 1.06. The van der Waals surface area contributed by atoms with Crippen LogP contribution in [0.1, 0.15) is 6.92 Å². The van der Waals surface area contributed by atoms with E-state index in [1.54, 1.807) is 0 Å². The Hall–Kier alpha value is -1.06. The van der Waals surface area contributed by atoms with Gasteiger partial charge in [0.15, 0.2) is 12.4 Å². The molecule has 8 heteroatoms. The Balaban J connectivity index is 4.75. The zero-order chi connectivity index (χ0) is 13.6. The lowest BCUT2D eigenvalue weighted by atomic mass is 10.0. The molecule has 0 aromatic heterocycles. The molecule has 100 valence electrons. The molecule has 0 bridgehead atoms. The number of ether oxygens (including phenoxy) is 1. The molecular weight excluding hydrogens is 236 g/mol. The highest BCUT2D eigenvalue weighted by Gasteiger charge is 2.35. The largest absolute Gasteiger partial charge is 0.479 e. The third kappa shape index (κ3) is 4.75. The van der Waals surface area contributed by atoms with Crippen molar-refractivity contribution >= 4 is 12.3 Å². The predicted molar refractivity (Wildman–Crippen MR) is 53.1 cm³/mol. The van der Waals surface area contributed by atoms with Crippen molar-refractivity contribution < 1.29 is 39.9 Å². The molecule has 0 aliphatic rings. The minimum absolute atomic E-state index is 0.0343. The monoisotopic (exact) mass is 252 g/mol. The molecule has 0 amide bonds. The second-order valence-corrected chi connectivity index (χ2v) is 3.45. The van der Waals surface area contributed by atoms with Gasteiger partial charge in [0.25, 0.3) is 0 Å². The molecule has 0 saturated carbocycles. The first kappa shape index (κ1) is 15.9. The summed E-state index contributed by atoms with van der Waals surface area (Å²) in [6.07, 6.45) is -8.26. The van der Waals surface area contributed by atoms with Crippen LogP contribution in [0, 0.1) is 0 Å². The fraction of sp³-hybridized carbons (Fsp3) is 0.778. The number of rotatable bonds is 8. The quantitative estimate of drug-likeness (QED) is 0.290. The van der Waals surface area contributed by atoms with Crippen LogP contribution in [-0.4, -0.2) is 74.9 Å². The van der Waals surface area contributed by atoms with Crippen LogP contribution < -0.4 is 0 Å². The highest BCUT2D eigenvalue weighted by atomic mass is 16.5. The molecule has 5 N–H and O–H groups in total. The van der Waals surface area contributed by atoms with Gasteiger partial charge in [-0.3, -0.25) is 0 Å². The maximum Gasteiger partial charge on any atom is 0.332 e. The van der Waals surface area contributed by atoms with Gasteiger partial charge < -0.3 is 35.1 Å². The summed E-state index contributed by atoms with van der Waals surface area (Å²) in [5, 5.41) is 45.0. The van der Waals surface area contributed by atoms with Gasteiger partial charge in [0, 0.05) is 0 Å². The number of carbonyl (C=O) groups is 2. The molecule has 0 radical (unpaired) electrons. The summed E-state index contributed by atoms with van der Waals surface area (Å²) < 4.78 is 4.75. The van der Waals surface area contributed by atoms with E-state index in [0.717, 1.165) is 6.92 Å². The Kier molecular flexibility index (Phi) is 6.85. The van der Waals surface area contributed by atoms with Crippen molar-refractivity contribution in [2.75, 3.05) is 6.61 Å². The average molecular weight is 252 g/mol. The van der Waals surface area contributed by atoms with E-state index in [9.17, 15) is 19.8 Å². The summed E-state index contributed by atoms with van der Waals surface area (Å²) in [4.78, 5) is 20.9. The van der Waals surface area contributed by atoms with Crippen LogP contribution in [-0.2, 0) is 14.3 Å². The van der Waals surface area contributed by atoms with E-state index in [-0.39, 0.29) is 6.29 Å². The maximum atomic E-state index is 10.5. The third-order valence-corrected chi connectivity index (χ3v) is 2.10. The van der Waals surface area contributed by atoms with E-state index < -0.39 is 43.1 Å². The van der Waals surface area contributed by atoms with Gasteiger partial charge in [-0.05, 0) is 6.92 Å². The van der Waals surface area contributed by atoms with E-state index in [1.807, 2.05) is 0 Å². The molecule has 5 atom stereocenters. The van der Waals surface area contributed by atoms with E-state index in [2.05, 4.69) is 0 Å². The van der Waals surface area contributed by atoms with Gasteiger partial charge in [-0.25, -0.2) is 4.79 Å². The molecule has 0 heterocycles. The van der Waals surface area contributed by atoms with Gasteiger partial charge in [-0.2, -0.15) is 0 Å². The van der Waals surface area contributed by atoms with Crippen molar-refractivity contribution in [2.24, 2.45) is 0 Å². The van der Waals surface area contributed by atoms with Crippen LogP contribution in [0.5, 0.6) is 0 Å². The average Bonchev–Trinajstić information content (AvgIpc) is 2.32. The van der Waals surface area contributed by atoms with Crippen LogP contribution >= 0.6 is 0 Å². The zero-order valence-electron chi connectivity index (χ0n) is 9.13. The molecule has 0 unspecified atom stereocenters. The van der Waals surface area contributed by atoms with Crippen molar-refractivity contribution in [3.05, 3.63) is 0 Å². The van der Waals surface area contributed by atoms with Gasteiger partial charge in [0.1, 0.15) is 24.4 Å². The molecule has 0 spiro atoms. The number of aldehydes is 1. The van der Waals surface area contributed by atoms with Crippen LogP contribution in [0.3, 0.4) is 0 Å². The van der Waals surface area contributed by atoms with Crippen molar-refractivity contribution in [1.82, 2.24) is 0 Å². The van der Waals surface area contributed by atoms with Gasteiger partial charge in [-0.1, -0.05) is 0 Å². The Labute approximate surface area is 97.1 Å². The lowest BCUT2D eigenvalue weighted by Crippen LogP contribution is -2.50. The van der Waals surface area contributed by atoms with Crippen molar-refractivity contribution in [1.29, 1.82) is 0 Å². The summed E-state index contributed by atoms with van der Waals surface area (Å²) in [5.41, 5.74) is 0. The first-order valence-electron chi connectivity index (χ1n) is 4.83. The molecule has 8 nitrogen and oxygen atoms in total. The summed E-state index contributed by atoms with van der Waals surface area (Å²) in [6.45, 7) is 0.305. The van der Waals surface area contributed by atoms with Gasteiger partial charge in [-0.15, -0.1) is 0 Å². The maximum absolute atomic E-state index is 10.5. The van der Waals surface area contributed by atoms with E-state index in [0.29, 0.717) is 0 Å². The molecule has 0 aliphatic heterocycles. The number of aliphatic hydroxyl groups excluding tert-OH is 4. The number of carboxylic acids is 1. The van der Waals surface area contributed by atoms with Gasteiger partial charge in [0.05, 0.1) is 6.61 Å². The second-order valence-electron chi connectivity index (χ2n) is 3.45. The van der Waals surface area contributed by atoms with E-state index in [4.69, 9.17) is 20.1 Å². The van der Waals surface area contributed by atoms with E-state index in [1.165, 1.54) is 0 Å². The standard InChI is InChI=1S/C9H16O8/c1-4(9(15)16)17-8(6(13)3-11)7(14)5(12)2-10/h3-8,10,12-14H,2H2,1H3,(H,15,16)/t4-,5+,6-,7-,8+/m0/s1. The van der Waals surface area contributed by atoms with Crippen LogP contribution in [0.15, 0.2) is 0 Å². The Morgan fingerprint density at radius 1 is 1.35 bits per heavy atom. The Bertz CT molecular complexity index is 255. The van der Waals surface area contributed by atoms with Crippen molar-refractivity contribution in [2.45, 2.75) is 37.4 Å². The number of carbonyl (C=O) groups excluding carboxylic acids is 1. The van der Waals surface area contributed by atoms with Gasteiger partial charge >= 0.3 is 5.97 Å². The van der Waals surface area contributed by atoms with Crippen LogP contribution in [0.25, 0.3) is 0 Å². The summed E-state index contributed by atoms with van der Waals surface area (Å²) in [5.74, 6) is -1.36. The van der Waals surface area contributed by atoms with Crippen molar-refractivity contribution in [3.8, 4) is 0 Å². The number of hydrogen-bond acceptors (Lipinski definition) is 7. The number of hydrogen-bond donors (Lipinski definition) is 5. The van der Waals surface area contributed by atoms with Crippen LogP contribution in [0.4, 0.5) is 0 Å². The van der Waals surface area contributed by atoms with E-state index >= 15 is 0 Å². The second kappa shape index (κ2) is 7.30. The lowest BCUT2D eigenvalue weighted by Gasteiger charge is -2.28. The summed E-state index contributed by atoms with van der Waals surface area (Å²) >= 11 is 0.